The topological polar surface area (TPSA) is 40.6 Å². The molecule has 32 heavy (non-hydrogen) atoms. The number of benzene rings is 2. The summed E-state index contributed by atoms with van der Waals surface area (Å²) in [7, 11) is 0. The summed E-state index contributed by atoms with van der Waals surface area (Å²) in [6, 6.07) is 14.4. The van der Waals surface area contributed by atoms with Gasteiger partial charge in [0.2, 0.25) is 5.91 Å². The Morgan fingerprint density at radius 1 is 0.938 bits per heavy atom. The standard InChI is InChI=1S/C27H33ClN2O2/c1-20(31)30-17-12-22-4-5-25(19-24(22)13-18-30)27(32)3-2-14-29-15-10-23(11-16-29)21-6-8-26(28)9-7-21/h4-9,19,23H,2-3,10-18H2,1H3. The lowest BCUT2D eigenvalue weighted by Crippen LogP contribution is -2.33. The second-order valence-electron chi connectivity index (χ2n) is 9.18. The molecule has 2 aromatic carbocycles. The van der Waals surface area contributed by atoms with Crippen molar-refractivity contribution < 1.29 is 9.59 Å². The highest BCUT2D eigenvalue weighted by Gasteiger charge is 2.21. The third kappa shape index (κ3) is 5.79. The van der Waals surface area contributed by atoms with Crippen molar-refractivity contribution in [3.63, 3.8) is 0 Å². The summed E-state index contributed by atoms with van der Waals surface area (Å²) in [4.78, 5) is 28.9. The summed E-state index contributed by atoms with van der Waals surface area (Å²) in [6.07, 6.45) is 5.53. The Hall–Kier alpha value is -2.17. The molecule has 0 radical (unpaired) electrons. The van der Waals surface area contributed by atoms with Gasteiger partial charge in [-0.25, -0.2) is 0 Å². The first-order valence-corrected chi connectivity index (χ1v) is 12.3. The van der Waals surface area contributed by atoms with E-state index in [0.29, 0.717) is 12.3 Å². The highest BCUT2D eigenvalue weighted by Crippen LogP contribution is 2.29. The maximum Gasteiger partial charge on any atom is 0.219 e. The van der Waals surface area contributed by atoms with Crippen LogP contribution in [-0.4, -0.2) is 54.2 Å². The van der Waals surface area contributed by atoms with Gasteiger partial charge >= 0.3 is 0 Å². The molecular formula is C27H33ClN2O2. The van der Waals surface area contributed by atoms with Crippen LogP contribution in [0.3, 0.4) is 0 Å². The molecule has 2 aliphatic rings. The van der Waals surface area contributed by atoms with Gasteiger partial charge in [-0.05, 0) is 92.5 Å². The van der Waals surface area contributed by atoms with Gasteiger partial charge in [0.15, 0.2) is 5.78 Å². The minimum absolute atomic E-state index is 0.131. The Bertz CT molecular complexity index is 949. The molecule has 170 valence electrons. The summed E-state index contributed by atoms with van der Waals surface area (Å²) in [5, 5.41) is 0.795. The summed E-state index contributed by atoms with van der Waals surface area (Å²) < 4.78 is 0. The van der Waals surface area contributed by atoms with Crippen LogP contribution in [-0.2, 0) is 17.6 Å². The molecule has 4 nitrogen and oxygen atoms in total. The lowest BCUT2D eigenvalue weighted by atomic mass is 9.89. The quantitative estimate of drug-likeness (QED) is 0.570. The average molecular weight is 453 g/mol. The molecule has 0 unspecified atom stereocenters. The summed E-state index contributed by atoms with van der Waals surface area (Å²) in [6.45, 7) is 6.30. The van der Waals surface area contributed by atoms with Crippen molar-refractivity contribution in [2.75, 3.05) is 32.7 Å². The number of carbonyl (C=O) groups excluding carboxylic acids is 2. The maximum atomic E-state index is 12.8. The minimum Gasteiger partial charge on any atom is -0.342 e. The van der Waals surface area contributed by atoms with Crippen molar-refractivity contribution in [3.05, 3.63) is 69.7 Å². The van der Waals surface area contributed by atoms with E-state index in [1.165, 1.54) is 16.7 Å². The lowest BCUT2D eigenvalue weighted by molar-refractivity contribution is -0.128. The SMILES string of the molecule is CC(=O)N1CCc2ccc(C(=O)CCCN3CCC(c4ccc(Cl)cc4)CC3)cc2CC1. The Morgan fingerprint density at radius 3 is 2.31 bits per heavy atom. The molecule has 0 N–H and O–H groups in total. The van der Waals surface area contributed by atoms with E-state index >= 15 is 0 Å². The van der Waals surface area contributed by atoms with Crippen molar-refractivity contribution in [3.8, 4) is 0 Å². The van der Waals surface area contributed by atoms with E-state index < -0.39 is 0 Å². The monoisotopic (exact) mass is 452 g/mol. The molecule has 0 aromatic heterocycles. The van der Waals surface area contributed by atoms with Gasteiger partial charge in [-0.3, -0.25) is 9.59 Å². The van der Waals surface area contributed by atoms with E-state index in [9.17, 15) is 9.59 Å². The number of ketones is 1. The number of carbonyl (C=O) groups is 2. The fourth-order valence-electron chi connectivity index (χ4n) is 5.05. The van der Waals surface area contributed by atoms with Gasteiger partial charge in [-0.1, -0.05) is 35.9 Å². The zero-order valence-electron chi connectivity index (χ0n) is 19.0. The molecule has 4 rings (SSSR count). The van der Waals surface area contributed by atoms with Crippen molar-refractivity contribution >= 4 is 23.3 Å². The number of rotatable bonds is 6. The third-order valence-electron chi connectivity index (χ3n) is 7.08. The number of piperidine rings is 1. The smallest absolute Gasteiger partial charge is 0.219 e. The molecule has 5 heteroatoms. The molecule has 1 saturated heterocycles. The van der Waals surface area contributed by atoms with Gasteiger partial charge in [-0.15, -0.1) is 0 Å². The van der Waals surface area contributed by atoms with Gasteiger partial charge in [0.25, 0.3) is 0 Å². The Kier molecular flexibility index (Phi) is 7.64. The molecule has 0 saturated carbocycles. The summed E-state index contributed by atoms with van der Waals surface area (Å²) in [5.74, 6) is 0.978. The molecule has 0 atom stereocenters. The van der Waals surface area contributed by atoms with Crippen molar-refractivity contribution in [2.45, 2.75) is 51.4 Å². The van der Waals surface area contributed by atoms with Crippen molar-refractivity contribution in [1.29, 1.82) is 0 Å². The highest BCUT2D eigenvalue weighted by atomic mass is 35.5. The molecule has 0 bridgehead atoms. The van der Waals surface area contributed by atoms with Gasteiger partial charge in [0.05, 0.1) is 0 Å². The number of halogens is 1. The lowest BCUT2D eigenvalue weighted by Gasteiger charge is -2.32. The maximum absolute atomic E-state index is 12.8. The molecule has 2 heterocycles. The van der Waals surface area contributed by atoms with Crippen LogP contribution in [0.4, 0.5) is 0 Å². The van der Waals surface area contributed by atoms with Crippen LogP contribution in [0, 0.1) is 0 Å². The van der Waals surface area contributed by atoms with E-state index in [1.807, 2.05) is 23.1 Å². The molecule has 0 spiro atoms. The molecule has 2 aliphatic heterocycles. The van der Waals surface area contributed by atoms with Crippen LogP contribution in [0.5, 0.6) is 0 Å². The molecular weight excluding hydrogens is 420 g/mol. The first kappa shape index (κ1) is 23.0. The van der Waals surface area contributed by atoms with Crippen LogP contribution in [0.2, 0.25) is 5.02 Å². The number of hydrogen-bond acceptors (Lipinski definition) is 3. The van der Waals surface area contributed by atoms with Crippen molar-refractivity contribution in [2.24, 2.45) is 0 Å². The second-order valence-corrected chi connectivity index (χ2v) is 9.62. The molecule has 0 aliphatic carbocycles. The van der Waals surface area contributed by atoms with Crippen LogP contribution in [0.25, 0.3) is 0 Å². The average Bonchev–Trinajstić information content (AvgIpc) is 3.02. The molecule has 1 fully saturated rings. The van der Waals surface area contributed by atoms with Gasteiger partial charge in [0.1, 0.15) is 0 Å². The predicted octanol–water partition coefficient (Wildman–Crippen LogP) is 5.13. The fourth-order valence-corrected chi connectivity index (χ4v) is 5.17. The van der Waals surface area contributed by atoms with Gasteiger partial charge in [0, 0.05) is 37.0 Å². The largest absolute Gasteiger partial charge is 0.342 e. The van der Waals surface area contributed by atoms with E-state index in [-0.39, 0.29) is 11.7 Å². The Morgan fingerprint density at radius 2 is 1.62 bits per heavy atom. The zero-order chi connectivity index (χ0) is 22.5. The van der Waals surface area contributed by atoms with Crippen molar-refractivity contribution in [1.82, 2.24) is 9.80 Å². The number of amides is 1. The van der Waals surface area contributed by atoms with Gasteiger partial charge in [-0.2, -0.15) is 0 Å². The predicted molar refractivity (Wildman–Crippen MR) is 130 cm³/mol. The first-order valence-electron chi connectivity index (χ1n) is 11.9. The molecule has 1 amide bonds. The Balaban J connectivity index is 1.23. The van der Waals surface area contributed by atoms with Gasteiger partial charge < -0.3 is 9.80 Å². The number of likely N-dealkylation sites (tertiary alicyclic amines) is 1. The zero-order valence-corrected chi connectivity index (χ0v) is 19.7. The number of hydrogen-bond donors (Lipinski definition) is 0. The van der Waals surface area contributed by atoms with E-state index in [1.54, 1.807) is 6.92 Å². The Labute approximate surface area is 196 Å². The number of Topliss-reactive ketones (excluding diaryl/α,β-unsaturated/α-hetero) is 1. The first-order chi connectivity index (χ1) is 15.5. The van der Waals surface area contributed by atoms with Crippen LogP contribution in [0.1, 0.15) is 65.6 Å². The summed E-state index contributed by atoms with van der Waals surface area (Å²) >= 11 is 6.01. The minimum atomic E-state index is 0.131. The number of fused-ring (bicyclic) bond motifs is 1. The highest BCUT2D eigenvalue weighted by molar-refractivity contribution is 6.30. The van der Waals surface area contributed by atoms with Crippen LogP contribution >= 0.6 is 11.6 Å². The number of nitrogens with zero attached hydrogens (tertiary/aromatic N) is 2. The third-order valence-corrected chi connectivity index (χ3v) is 7.33. The second kappa shape index (κ2) is 10.6. The fraction of sp³-hybridized carbons (Fsp3) is 0.481. The van der Waals surface area contributed by atoms with E-state index in [0.717, 1.165) is 75.4 Å². The van der Waals surface area contributed by atoms with E-state index in [2.05, 4.69) is 29.2 Å². The molecule has 2 aromatic rings. The normalized spacial score (nSPS) is 17.6. The van der Waals surface area contributed by atoms with E-state index in [4.69, 9.17) is 11.6 Å². The van der Waals surface area contributed by atoms with Crippen LogP contribution < -0.4 is 0 Å². The summed E-state index contributed by atoms with van der Waals surface area (Å²) in [5.41, 5.74) is 4.71. The van der Waals surface area contributed by atoms with Crippen LogP contribution in [0.15, 0.2) is 42.5 Å².